The van der Waals surface area contributed by atoms with Gasteiger partial charge in [0.25, 0.3) is 5.56 Å². The molecule has 168 valence electrons. The van der Waals surface area contributed by atoms with Crippen LogP contribution in [0, 0.1) is 0 Å². The molecule has 0 spiro atoms. The van der Waals surface area contributed by atoms with E-state index in [4.69, 9.17) is 16.0 Å². The fourth-order valence-electron chi connectivity index (χ4n) is 4.32. The van der Waals surface area contributed by atoms with Crippen molar-refractivity contribution in [1.82, 2.24) is 8.98 Å². The van der Waals surface area contributed by atoms with Gasteiger partial charge in [-0.15, -0.1) is 0 Å². The Morgan fingerprint density at radius 3 is 2.42 bits per heavy atom. The Bertz CT molecular complexity index is 1560. The lowest BCUT2D eigenvalue weighted by Gasteiger charge is -2.18. The molecule has 1 aliphatic heterocycles. The maximum atomic E-state index is 13.6. The summed E-state index contributed by atoms with van der Waals surface area (Å²) in [6, 6.07) is 17.6. The predicted octanol–water partition coefficient (Wildman–Crippen LogP) is 4.56. The molecular formula is C24H20ClN3O4S. The number of rotatable bonds is 4. The third-order valence-corrected chi connectivity index (χ3v) is 7.08. The number of aromatic nitrogens is 1. The van der Waals surface area contributed by atoms with Gasteiger partial charge >= 0.3 is 0 Å². The molecule has 1 atom stereocenters. The maximum Gasteiger partial charge on any atom is 0.260 e. The predicted molar refractivity (Wildman–Crippen MR) is 129 cm³/mol. The second-order valence-corrected chi connectivity index (χ2v) is 10.2. The second-order valence-electron chi connectivity index (χ2n) is 7.96. The second kappa shape index (κ2) is 7.90. The van der Waals surface area contributed by atoms with Gasteiger partial charge in [0.2, 0.25) is 10.0 Å². The number of hydrogen-bond donors (Lipinski definition) is 0. The molecule has 9 heteroatoms. The fraction of sp³-hybridized carbons (Fsp3) is 0.167. The first kappa shape index (κ1) is 21.5. The number of pyridine rings is 1. The first-order valence-corrected chi connectivity index (χ1v) is 12.5. The molecule has 2 aromatic heterocycles. The minimum absolute atomic E-state index is 0.203. The molecule has 0 bridgehead atoms. The summed E-state index contributed by atoms with van der Waals surface area (Å²) in [6.07, 6.45) is 2.78. The monoisotopic (exact) mass is 481 g/mol. The molecule has 0 aliphatic carbocycles. The average Bonchev–Trinajstić information content (AvgIpc) is 3.46. The van der Waals surface area contributed by atoms with E-state index in [0.717, 1.165) is 27.1 Å². The van der Waals surface area contributed by atoms with Crippen LogP contribution in [0.1, 0.15) is 23.8 Å². The smallest absolute Gasteiger partial charge is 0.260 e. The van der Waals surface area contributed by atoms with Gasteiger partial charge < -0.3 is 8.98 Å². The lowest BCUT2D eigenvalue weighted by molar-refractivity contribution is 0.322. The Labute approximate surface area is 195 Å². The molecule has 0 N–H and O–H groups in total. The first-order chi connectivity index (χ1) is 15.8. The molecule has 2 aromatic carbocycles. The van der Waals surface area contributed by atoms with Crippen molar-refractivity contribution < 1.29 is 12.8 Å². The van der Waals surface area contributed by atoms with Gasteiger partial charge in [0.05, 0.1) is 29.3 Å². The molecule has 0 fully saturated rings. The van der Waals surface area contributed by atoms with Crippen LogP contribution in [-0.2, 0) is 17.1 Å². The van der Waals surface area contributed by atoms with E-state index in [1.54, 1.807) is 35.9 Å². The Kier molecular flexibility index (Phi) is 5.14. The molecular weight excluding hydrogens is 462 g/mol. The van der Waals surface area contributed by atoms with Crippen LogP contribution < -0.4 is 5.56 Å². The number of fused-ring (bicyclic) bond motifs is 1. The summed E-state index contributed by atoms with van der Waals surface area (Å²) >= 11 is 6.11. The first-order valence-electron chi connectivity index (χ1n) is 10.2. The number of para-hydroxylation sites is 1. The van der Waals surface area contributed by atoms with Crippen molar-refractivity contribution in [2.75, 3.05) is 6.26 Å². The topological polar surface area (TPSA) is 84.9 Å². The molecule has 33 heavy (non-hydrogen) atoms. The molecule has 4 aromatic rings. The van der Waals surface area contributed by atoms with Gasteiger partial charge in [0.15, 0.2) is 0 Å². The van der Waals surface area contributed by atoms with Crippen LogP contribution in [0.5, 0.6) is 0 Å². The van der Waals surface area contributed by atoms with Gasteiger partial charge in [-0.3, -0.25) is 4.79 Å². The molecule has 0 saturated carbocycles. The summed E-state index contributed by atoms with van der Waals surface area (Å²) in [5.74, 6) is 0.463. The van der Waals surface area contributed by atoms with Crippen LogP contribution in [0.15, 0.2) is 81.2 Å². The number of furan rings is 1. The van der Waals surface area contributed by atoms with Crippen LogP contribution in [0.4, 0.5) is 0 Å². The lowest BCUT2D eigenvalue weighted by Crippen LogP contribution is -2.26. The summed E-state index contributed by atoms with van der Waals surface area (Å²) in [5, 5.41) is 5.87. The molecule has 0 amide bonds. The lowest BCUT2D eigenvalue weighted by atomic mass is 9.91. The van der Waals surface area contributed by atoms with E-state index in [9.17, 15) is 13.2 Å². The van der Waals surface area contributed by atoms with Gasteiger partial charge in [-0.1, -0.05) is 41.9 Å². The maximum absolute atomic E-state index is 13.6. The van der Waals surface area contributed by atoms with Crippen molar-refractivity contribution in [1.29, 1.82) is 0 Å². The molecule has 3 heterocycles. The van der Waals surface area contributed by atoms with Crippen LogP contribution in [0.3, 0.4) is 0 Å². The van der Waals surface area contributed by atoms with Crippen LogP contribution in [-0.4, -0.2) is 29.4 Å². The van der Waals surface area contributed by atoms with E-state index < -0.39 is 16.1 Å². The average molecular weight is 482 g/mol. The largest absolute Gasteiger partial charge is 0.467 e. The molecule has 0 saturated heterocycles. The fourth-order valence-corrected chi connectivity index (χ4v) is 5.33. The van der Waals surface area contributed by atoms with Gasteiger partial charge in [-0.25, -0.2) is 8.42 Å². The van der Waals surface area contributed by atoms with Gasteiger partial charge in [-0.2, -0.15) is 9.52 Å². The van der Waals surface area contributed by atoms with Crippen molar-refractivity contribution in [2.45, 2.75) is 12.5 Å². The van der Waals surface area contributed by atoms with Crippen LogP contribution in [0.2, 0.25) is 5.02 Å². The normalized spacial score (nSPS) is 16.4. The number of benzene rings is 2. The number of hydrogen-bond acceptors (Lipinski definition) is 5. The van der Waals surface area contributed by atoms with E-state index >= 15 is 0 Å². The quantitative estimate of drug-likeness (QED) is 0.427. The number of halogens is 1. The van der Waals surface area contributed by atoms with E-state index in [2.05, 4.69) is 5.10 Å². The minimum Gasteiger partial charge on any atom is -0.467 e. The summed E-state index contributed by atoms with van der Waals surface area (Å²) in [5.41, 5.74) is 2.73. The van der Waals surface area contributed by atoms with Gasteiger partial charge in [0, 0.05) is 29.4 Å². The number of hydrazone groups is 1. The highest BCUT2D eigenvalue weighted by Gasteiger charge is 2.38. The summed E-state index contributed by atoms with van der Waals surface area (Å²) < 4.78 is 33.2. The van der Waals surface area contributed by atoms with E-state index in [1.807, 2.05) is 36.4 Å². The third-order valence-electron chi connectivity index (χ3n) is 5.81. The van der Waals surface area contributed by atoms with Crippen LogP contribution in [0.25, 0.3) is 22.0 Å². The summed E-state index contributed by atoms with van der Waals surface area (Å²) in [4.78, 5) is 13.6. The van der Waals surface area contributed by atoms with Crippen molar-refractivity contribution >= 4 is 38.2 Å². The van der Waals surface area contributed by atoms with E-state index in [0.29, 0.717) is 27.6 Å². The van der Waals surface area contributed by atoms with E-state index in [1.165, 1.54) is 6.26 Å². The Balaban J connectivity index is 1.81. The SMILES string of the molecule is Cn1c(=O)c(C2=NN(S(C)(=O)=O)[C@@H](c3ccco3)C2)c(-c2ccc(Cl)cc2)c2ccccc21. The number of sulfonamides is 1. The third kappa shape index (κ3) is 3.65. The van der Waals surface area contributed by atoms with Crippen LogP contribution >= 0.6 is 11.6 Å². The van der Waals surface area contributed by atoms with Crippen molar-refractivity contribution in [2.24, 2.45) is 12.1 Å². The van der Waals surface area contributed by atoms with Gasteiger partial charge in [0.1, 0.15) is 11.8 Å². The Hall–Kier alpha value is -3.36. The molecule has 0 unspecified atom stereocenters. The zero-order valence-corrected chi connectivity index (χ0v) is 19.5. The number of nitrogens with zero attached hydrogens (tertiary/aromatic N) is 3. The molecule has 7 nitrogen and oxygen atoms in total. The molecule has 5 rings (SSSR count). The van der Waals surface area contributed by atoms with Crippen molar-refractivity contribution in [3.05, 3.63) is 93.6 Å². The zero-order valence-electron chi connectivity index (χ0n) is 17.9. The highest BCUT2D eigenvalue weighted by atomic mass is 35.5. The summed E-state index contributed by atoms with van der Waals surface area (Å²) in [6.45, 7) is 0. The van der Waals surface area contributed by atoms with E-state index in [-0.39, 0.29) is 12.0 Å². The molecule has 0 radical (unpaired) electrons. The minimum atomic E-state index is -3.71. The van der Waals surface area contributed by atoms with Crippen molar-refractivity contribution in [3.63, 3.8) is 0 Å². The van der Waals surface area contributed by atoms with Gasteiger partial charge in [-0.05, 0) is 35.9 Å². The zero-order chi connectivity index (χ0) is 23.3. The highest BCUT2D eigenvalue weighted by molar-refractivity contribution is 7.88. The molecule has 1 aliphatic rings. The number of aryl methyl sites for hydroxylation is 1. The Morgan fingerprint density at radius 1 is 1.03 bits per heavy atom. The Morgan fingerprint density at radius 2 is 1.76 bits per heavy atom. The van der Waals surface area contributed by atoms with Crippen molar-refractivity contribution in [3.8, 4) is 11.1 Å². The summed E-state index contributed by atoms with van der Waals surface area (Å²) in [7, 11) is -2.01. The standard InChI is InChI=1S/C24H20ClN3O4S/c1-27-19-7-4-3-6-17(19)22(15-9-11-16(25)12-10-15)23(24(27)29)18-14-20(21-8-5-13-32-21)28(26-18)33(2,30)31/h3-13,20H,14H2,1-2H3/t20-/m1/s1. The highest BCUT2D eigenvalue weighted by Crippen LogP contribution is 2.38.